The summed E-state index contributed by atoms with van der Waals surface area (Å²) in [6, 6.07) is 13.0. The zero-order valence-electron chi connectivity index (χ0n) is 16.1. The maximum atomic E-state index is 12.2. The van der Waals surface area contributed by atoms with Crippen molar-refractivity contribution in [3.63, 3.8) is 0 Å². The summed E-state index contributed by atoms with van der Waals surface area (Å²) in [7, 11) is -3.13. The highest BCUT2D eigenvalue weighted by Gasteiger charge is 2.11. The van der Waals surface area contributed by atoms with Crippen molar-refractivity contribution in [3.05, 3.63) is 64.9 Å². The number of aliphatic imine (C=N–C) groups is 1. The molecule has 0 saturated heterocycles. The molecule has 1 aromatic carbocycles. The second-order valence-electron chi connectivity index (χ2n) is 6.36. The van der Waals surface area contributed by atoms with Gasteiger partial charge in [0.2, 0.25) is 0 Å². The Balaban J connectivity index is 1.75. The molecular formula is C20H27ClN4O2S. The van der Waals surface area contributed by atoms with Gasteiger partial charge in [0.05, 0.1) is 11.5 Å². The number of guanidine groups is 1. The number of hydrogen-bond donors (Lipinski definition) is 2. The molecule has 0 saturated carbocycles. The van der Waals surface area contributed by atoms with Crippen molar-refractivity contribution >= 4 is 27.4 Å². The fourth-order valence-corrected chi connectivity index (χ4v) is 4.12. The summed E-state index contributed by atoms with van der Waals surface area (Å²) in [5.41, 5.74) is 1.90. The number of nitrogens with one attached hydrogen (secondary N) is 2. The molecular weight excluding hydrogens is 396 g/mol. The fraction of sp³-hybridized carbons (Fsp3) is 0.400. The summed E-state index contributed by atoms with van der Waals surface area (Å²) in [5.74, 6) is 0.886. The largest absolute Gasteiger partial charge is 0.357 e. The van der Waals surface area contributed by atoms with E-state index in [4.69, 9.17) is 11.6 Å². The normalized spacial score (nSPS) is 12.0. The molecule has 0 atom stereocenters. The third kappa shape index (κ3) is 8.71. The van der Waals surface area contributed by atoms with Crippen LogP contribution in [0.1, 0.15) is 24.5 Å². The molecule has 152 valence electrons. The van der Waals surface area contributed by atoms with Crippen LogP contribution in [0.25, 0.3) is 0 Å². The van der Waals surface area contributed by atoms with Gasteiger partial charge < -0.3 is 10.6 Å². The molecule has 0 radical (unpaired) electrons. The molecule has 0 aliphatic carbocycles. The molecule has 28 heavy (non-hydrogen) atoms. The summed E-state index contributed by atoms with van der Waals surface area (Å²) in [6.45, 7) is 3.87. The Morgan fingerprint density at radius 2 is 1.89 bits per heavy atom. The maximum absolute atomic E-state index is 12.2. The highest BCUT2D eigenvalue weighted by atomic mass is 35.5. The van der Waals surface area contributed by atoms with Gasteiger partial charge in [0.15, 0.2) is 15.8 Å². The van der Waals surface area contributed by atoms with Gasteiger partial charge in [0.1, 0.15) is 5.15 Å². The van der Waals surface area contributed by atoms with Crippen molar-refractivity contribution in [2.45, 2.75) is 25.5 Å². The predicted octanol–water partition coefficient (Wildman–Crippen LogP) is 2.84. The van der Waals surface area contributed by atoms with Crippen LogP contribution in [-0.4, -0.2) is 44.7 Å². The van der Waals surface area contributed by atoms with Gasteiger partial charge in [-0.1, -0.05) is 48.0 Å². The van der Waals surface area contributed by atoms with Crippen LogP contribution in [0, 0.1) is 0 Å². The molecule has 0 aliphatic rings. The Morgan fingerprint density at radius 1 is 1.11 bits per heavy atom. The lowest BCUT2D eigenvalue weighted by atomic mass is 10.2. The minimum Gasteiger partial charge on any atom is -0.357 e. The number of hydrogen-bond acceptors (Lipinski definition) is 4. The van der Waals surface area contributed by atoms with Crippen molar-refractivity contribution < 1.29 is 8.42 Å². The molecule has 2 aromatic rings. The molecule has 2 rings (SSSR count). The molecule has 2 N–H and O–H groups in total. The van der Waals surface area contributed by atoms with Crippen LogP contribution in [0.5, 0.6) is 0 Å². The first-order valence-corrected chi connectivity index (χ1v) is 11.6. The highest BCUT2D eigenvalue weighted by Crippen LogP contribution is 2.07. The first-order chi connectivity index (χ1) is 13.5. The van der Waals surface area contributed by atoms with Gasteiger partial charge in [-0.3, -0.25) is 4.99 Å². The highest BCUT2D eigenvalue weighted by molar-refractivity contribution is 7.90. The van der Waals surface area contributed by atoms with Gasteiger partial charge in [-0.25, -0.2) is 13.4 Å². The van der Waals surface area contributed by atoms with Crippen LogP contribution in [0.4, 0.5) is 0 Å². The molecule has 0 spiro atoms. The van der Waals surface area contributed by atoms with Gasteiger partial charge in [-0.15, -0.1) is 0 Å². The van der Waals surface area contributed by atoms with E-state index < -0.39 is 9.84 Å². The molecule has 8 heteroatoms. The monoisotopic (exact) mass is 422 g/mol. The third-order valence-corrected chi connectivity index (χ3v) is 5.86. The number of pyridine rings is 1. The summed E-state index contributed by atoms with van der Waals surface area (Å²) in [5, 5.41) is 6.90. The number of rotatable bonds is 10. The molecule has 0 amide bonds. The summed E-state index contributed by atoms with van der Waals surface area (Å²) in [6.07, 6.45) is 3.04. The second kappa shape index (κ2) is 11.7. The van der Waals surface area contributed by atoms with E-state index in [0.29, 0.717) is 30.6 Å². The number of nitrogens with zero attached hydrogens (tertiary/aromatic N) is 2. The van der Waals surface area contributed by atoms with Crippen LogP contribution in [0.3, 0.4) is 0 Å². The first-order valence-electron chi connectivity index (χ1n) is 9.35. The molecule has 1 heterocycles. The van der Waals surface area contributed by atoms with E-state index in [2.05, 4.69) is 20.6 Å². The Kier molecular flexibility index (Phi) is 9.23. The number of halogens is 1. The molecule has 0 fully saturated rings. The van der Waals surface area contributed by atoms with Crippen LogP contribution < -0.4 is 10.6 Å². The molecule has 1 aromatic heterocycles. The number of benzene rings is 1. The fourth-order valence-electron chi connectivity index (χ4n) is 2.60. The summed E-state index contributed by atoms with van der Waals surface area (Å²) >= 11 is 5.79. The molecule has 0 bridgehead atoms. The van der Waals surface area contributed by atoms with Crippen molar-refractivity contribution in [3.8, 4) is 0 Å². The van der Waals surface area contributed by atoms with Crippen LogP contribution >= 0.6 is 11.6 Å². The van der Waals surface area contributed by atoms with E-state index in [9.17, 15) is 8.42 Å². The van der Waals surface area contributed by atoms with Crippen LogP contribution in [-0.2, 0) is 22.0 Å². The van der Waals surface area contributed by atoms with Crippen molar-refractivity contribution in [1.82, 2.24) is 15.6 Å². The minimum atomic E-state index is -3.13. The van der Waals surface area contributed by atoms with Crippen molar-refractivity contribution in [2.75, 3.05) is 25.4 Å². The Morgan fingerprint density at radius 3 is 2.57 bits per heavy atom. The SMILES string of the molecule is CCNC(=NCCCS(=O)(=O)Cc1ccccc1)NCCc1ccc(Cl)nc1. The molecule has 0 unspecified atom stereocenters. The standard InChI is InChI=1S/C20H27ClN4O2S/c1-2-22-20(24-13-11-17-9-10-19(21)25-15-17)23-12-6-14-28(26,27)16-18-7-4-3-5-8-18/h3-5,7-10,15H,2,6,11-14,16H2,1H3,(H2,22,23,24). The predicted molar refractivity (Wildman–Crippen MR) is 115 cm³/mol. The zero-order valence-corrected chi connectivity index (χ0v) is 17.6. The summed E-state index contributed by atoms with van der Waals surface area (Å²) in [4.78, 5) is 8.52. The third-order valence-electron chi connectivity index (χ3n) is 3.95. The smallest absolute Gasteiger partial charge is 0.191 e. The van der Waals surface area contributed by atoms with E-state index in [1.165, 1.54) is 0 Å². The van der Waals surface area contributed by atoms with Gasteiger partial charge >= 0.3 is 0 Å². The lowest BCUT2D eigenvalue weighted by Gasteiger charge is -2.11. The van der Waals surface area contributed by atoms with Crippen molar-refractivity contribution in [1.29, 1.82) is 0 Å². The Bertz CT molecular complexity index is 840. The Labute approximate surface area is 172 Å². The molecule has 0 aliphatic heterocycles. The van der Waals surface area contributed by atoms with E-state index in [1.54, 1.807) is 12.3 Å². The second-order valence-corrected chi connectivity index (χ2v) is 8.93. The lowest BCUT2D eigenvalue weighted by Crippen LogP contribution is -2.38. The number of sulfone groups is 1. The van der Waals surface area contributed by atoms with Gasteiger partial charge in [-0.05, 0) is 37.0 Å². The maximum Gasteiger partial charge on any atom is 0.191 e. The van der Waals surface area contributed by atoms with E-state index in [-0.39, 0.29) is 11.5 Å². The van der Waals surface area contributed by atoms with Gasteiger partial charge in [0.25, 0.3) is 0 Å². The summed E-state index contributed by atoms with van der Waals surface area (Å²) < 4.78 is 24.5. The van der Waals surface area contributed by atoms with Crippen LogP contribution in [0.15, 0.2) is 53.7 Å². The number of aromatic nitrogens is 1. The lowest BCUT2D eigenvalue weighted by molar-refractivity contribution is 0.592. The minimum absolute atomic E-state index is 0.0744. The van der Waals surface area contributed by atoms with Gasteiger partial charge in [0, 0.05) is 25.8 Å². The Hall–Kier alpha value is -2.12. The van der Waals surface area contributed by atoms with E-state index in [0.717, 1.165) is 24.1 Å². The zero-order chi connectivity index (χ0) is 20.2. The van der Waals surface area contributed by atoms with Crippen LogP contribution in [0.2, 0.25) is 5.15 Å². The van der Waals surface area contributed by atoms with E-state index in [1.807, 2.05) is 43.3 Å². The quantitative estimate of drug-likeness (QED) is 0.266. The average molecular weight is 423 g/mol. The van der Waals surface area contributed by atoms with Gasteiger partial charge in [-0.2, -0.15) is 0 Å². The van der Waals surface area contributed by atoms with E-state index >= 15 is 0 Å². The molecule has 6 nitrogen and oxygen atoms in total. The average Bonchev–Trinajstić information content (AvgIpc) is 2.67. The van der Waals surface area contributed by atoms with Crippen molar-refractivity contribution in [2.24, 2.45) is 4.99 Å². The first kappa shape index (κ1) is 22.2. The topological polar surface area (TPSA) is 83.5 Å².